The van der Waals surface area contributed by atoms with Gasteiger partial charge in [-0.2, -0.15) is 9.90 Å². The molecule has 1 N–H and O–H groups in total. The highest BCUT2D eigenvalue weighted by Gasteiger charge is 2.40. The molecule has 2 aliphatic carbocycles. The quantitative estimate of drug-likeness (QED) is 0.639. The molecule has 2 aliphatic rings. The number of hydrogen-bond donors (Lipinski definition) is 1. The predicted molar refractivity (Wildman–Crippen MR) is 102 cm³/mol. The van der Waals surface area contributed by atoms with Gasteiger partial charge < -0.3 is 5.32 Å². The number of nitrogens with one attached hydrogen (secondary N) is 1. The van der Waals surface area contributed by atoms with Gasteiger partial charge in [-0.15, -0.1) is 0 Å². The van der Waals surface area contributed by atoms with E-state index in [-0.39, 0.29) is 9.90 Å². The molecule has 2 nitrogen and oxygen atoms in total. The van der Waals surface area contributed by atoms with Crippen molar-refractivity contribution in [1.29, 1.82) is 0 Å². The van der Waals surface area contributed by atoms with Crippen LogP contribution in [0.4, 0.5) is 11.4 Å². The van der Waals surface area contributed by atoms with Crippen LogP contribution in [0.15, 0.2) is 54.6 Å². The van der Waals surface area contributed by atoms with Crippen molar-refractivity contribution in [3.8, 4) is 0 Å². The average Bonchev–Trinajstić information content (AvgIpc) is 3.17. The Balaban J connectivity index is 0.00000135. The van der Waals surface area contributed by atoms with Gasteiger partial charge >= 0.3 is 0 Å². The fourth-order valence-electron chi connectivity index (χ4n) is 4.26. The van der Waals surface area contributed by atoms with Gasteiger partial charge in [0.2, 0.25) is 0 Å². The molecular weight excluding hydrogens is 299 g/mol. The van der Waals surface area contributed by atoms with Gasteiger partial charge in [-0.25, -0.2) is 0 Å². The maximum absolute atomic E-state index is 5.00. The molecule has 0 spiro atoms. The minimum absolute atomic E-state index is 0. The van der Waals surface area contributed by atoms with Gasteiger partial charge in [0, 0.05) is 28.2 Å². The van der Waals surface area contributed by atoms with Crippen molar-refractivity contribution >= 4 is 32.2 Å². The van der Waals surface area contributed by atoms with E-state index in [4.69, 9.17) is 4.98 Å². The number of rotatable bonds is 2. The fourth-order valence-corrected chi connectivity index (χ4v) is 4.26. The van der Waals surface area contributed by atoms with Gasteiger partial charge in [0.1, 0.15) is 0 Å². The average molecular weight is 320 g/mol. The topological polar surface area (TPSA) is 24.9 Å². The highest BCUT2D eigenvalue weighted by molar-refractivity contribution is 6.92. The number of hydrogen-bond acceptors (Lipinski definition) is 2. The van der Waals surface area contributed by atoms with Crippen molar-refractivity contribution in [3.05, 3.63) is 65.9 Å². The van der Waals surface area contributed by atoms with Crippen molar-refractivity contribution in [2.75, 3.05) is 5.32 Å². The number of nitrogens with zero attached hydrogens (tertiary/aromatic N) is 1. The van der Waals surface area contributed by atoms with Crippen LogP contribution in [0.2, 0.25) is 0 Å². The lowest BCUT2D eigenvalue weighted by Gasteiger charge is -2.21. The summed E-state index contributed by atoms with van der Waals surface area (Å²) in [4.78, 5) is 5.00. The lowest BCUT2D eigenvalue weighted by molar-refractivity contribution is 0.702. The molecule has 2 aromatic carbocycles. The van der Waals surface area contributed by atoms with Crippen molar-refractivity contribution in [3.63, 3.8) is 0 Å². The number of benzene rings is 2. The lowest BCUT2D eigenvalue weighted by atomic mass is 9.92. The van der Waals surface area contributed by atoms with E-state index in [1.807, 2.05) is 0 Å². The van der Waals surface area contributed by atoms with Gasteiger partial charge in [0.05, 0.1) is 11.2 Å². The summed E-state index contributed by atoms with van der Waals surface area (Å²) in [6, 6.07) is 19.0. The largest absolute Gasteiger partial charge is 0.355 e. The van der Waals surface area contributed by atoms with Crippen LogP contribution in [-0.2, 0) is 0 Å². The Hall–Kier alpha value is -1.92. The SMILES string of the molecule is P.c1ccc(Nc2c3c(nc4ccccc24)C2CCC3C2)cc1. The molecule has 0 radical (unpaired) electrons. The van der Waals surface area contributed by atoms with Crippen molar-refractivity contribution in [1.82, 2.24) is 4.98 Å². The Morgan fingerprint density at radius 1 is 0.870 bits per heavy atom. The van der Waals surface area contributed by atoms with Crippen molar-refractivity contribution in [2.24, 2.45) is 0 Å². The molecule has 3 aromatic rings. The van der Waals surface area contributed by atoms with E-state index in [1.54, 1.807) is 0 Å². The smallest absolute Gasteiger partial charge is 0.0726 e. The summed E-state index contributed by atoms with van der Waals surface area (Å²) in [5.41, 5.74) is 6.40. The first-order valence-corrected chi connectivity index (χ1v) is 8.15. The van der Waals surface area contributed by atoms with Crippen LogP contribution < -0.4 is 5.32 Å². The normalized spacial score (nSPS) is 21.0. The number of anilines is 2. The molecule has 1 fully saturated rings. The molecule has 1 aromatic heterocycles. The van der Waals surface area contributed by atoms with Crippen LogP contribution >= 0.6 is 9.90 Å². The number of aromatic nitrogens is 1. The van der Waals surface area contributed by atoms with Crippen LogP contribution in [0.3, 0.4) is 0 Å². The molecule has 0 aliphatic heterocycles. The van der Waals surface area contributed by atoms with E-state index in [2.05, 4.69) is 59.9 Å². The molecule has 3 heteroatoms. The molecule has 5 rings (SSSR count). The van der Waals surface area contributed by atoms with E-state index in [0.29, 0.717) is 11.8 Å². The second kappa shape index (κ2) is 5.62. The maximum atomic E-state index is 5.00. The van der Waals surface area contributed by atoms with Gasteiger partial charge in [-0.3, -0.25) is 4.98 Å². The van der Waals surface area contributed by atoms with E-state index in [9.17, 15) is 0 Å². The van der Waals surface area contributed by atoms with E-state index < -0.39 is 0 Å². The monoisotopic (exact) mass is 320 g/mol. The minimum Gasteiger partial charge on any atom is -0.355 e. The second-order valence-electron chi connectivity index (χ2n) is 6.50. The van der Waals surface area contributed by atoms with E-state index in [0.717, 1.165) is 11.2 Å². The van der Waals surface area contributed by atoms with Crippen LogP contribution in [-0.4, -0.2) is 4.98 Å². The summed E-state index contributed by atoms with van der Waals surface area (Å²) in [5, 5.41) is 4.94. The first-order valence-electron chi connectivity index (χ1n) is 8.15. The second-order valence-corrected chi connectivity index (χ2v) is 6.50. The summed E-state index contributed by atoms with van der Waals surface area (Å²) in [6.45, 7) is 0. The molecule has 116 valence electrons. The molecule has 1 saturated carbocycles. The molecule has 23 heavy (non-hydrogen) atoms. The highest BCUT2D eigenvalue weighted by Crippen LogP contribution is 2.56. The van der Waals surface area contributed by atoms with Crippen LogP contribution in [0, 0.1) is 0 Å². The van der Waals surface area contributed by atoms with Crippen LogP contribution in [0.25, 0.3) is 10.9 Å². The summed E-state index contributed by atoms with van der Waals surface area (Å²) < 4.78 is 0. The van der Waals surface area contributed by atoms with Gasteiger partial charge in [0.25, 0.3) is 0 Å². The minimum atomic E-state index is 0. The zero-order valence-corrected chi connectivity index (χ0v) is 14.5. The zero-order valence-electron chi connectivity index (χ0n) is 13.1. The van der Waals surface area contributed by atoms with Crippen molar-refractivity contribution in [2.45, 2.75) is 31.1 Å². The molecule has 0 amide bonds. The Labute approximate surface area is 140 Å². The number of fused-ring (bicyclic) bond motifs is 6. The van der Waals surface area contributed by atoms with Gasteiger partial charge in [-0.05, 0) is 43.4 Å². The molecule has 3 atom stereocenters. The van der Waals surface area contributed by atoms with Gasteiger partial charge in [0.15, 0.2) is 0 Å². The first-order chi connectivity index (χ1) is 10.9. The maximum Gasteiger partial charge on any atom is 0.0726 e. The summed E-state index contributed by atoms with van der Waals surface area (Å²) in [5.74, 6) is 1.38. The first kappa shape index (κ1) is 14.7. The Morgan fingerprint density at radius 2 is 1.61 bits per heavy atom. The molecular formula is C20H21N2P. The van der Waals surface area contributed by atoms with Crippen LogP contribution in [0.5, 0.6) is 0 Å². The summed E-state index contributed by atoms with van der Waals surface area (Å²) >= 11 is 0. The highest BCUT2D eigenvalue weighted by atomic mass is 31.0. The Morgan fingerprint density at radius 3 is 2.48 bits per heavy atom. The van der Waals surface area contributed by atoms with Crippen LogP contribution in [0.1, 0.15) is 42.4 Å². The van der Waals surface area contributed by atoms with E-state index in [1.165, 1.54) is 41.6 Å². The lowest BCUT2D eigenvalue weighted by Crippen LogP contribution is -2.06. The number of para-hydroxylation sites is 2. The summed E-state index contributed by atoms with van der Waals surface area (Å²) in [7, 11) is 0. The van der Waals surface area contributed by atoms with E-state index >= 15 is 0 Å². The molecule has 2 bridgehead atoms. The molecule has 1 heterocycles. The molecule has 0 saturated heterocycles. The third kappa shape index (κ3) is 2.24. The van der Waals surface area contributed by atoms with Crippen molar-refractivity contribution < 1.29 is 0 Å². The Kier molecular flexibility index (Phi) is 3.58. The van der Waals surface area contributed by atoms with Gasteiger partial charge in [-0.1, -0.05) is 36.4 Å². The predicted octanol–water partition coefficient (Wildman–Crippen LogP) is 5.40. The zero-order chi connectivity index (χ0) is 14.5. The number of pyridine rings is 1. The standard InChI is InChI=1S/C20H18N2.H3P/c1-2-6-15(7-3-1)21-20-16-8-4-5-9-17(16)22-19-14-11-10-13(12-14)18(19)20;/h1-9,13-14H,10-12H2,(H,21,22);1H3. The Bertz CT molecular complexity index is 860. The fraction of sp³-hybridized carbons (Fsp3) is 0.250. The molecule has 3 unspecified atom stereocenters. The third-order valence-corrected chi connectivity index (χ3v) is 5.23. The summed E-state index contributed by atoms with van der Waals surface area (Å²) in [6.07, 6.45) is 3.93. The third-order valence-electron chi connectivity index (χ3n) is 5.23.